The third-order valence-electron chi connectivity index (χ3n) is 8.22. The number of rotatable bonds is 3. The van der Waals surface area contributed by atoms with Crippen LogP contribution in [0.3, 0.4) is 0 Å². The average molecular weight is 330 g/mol. The summed E-state index contributed by atoms with van der Waals surface area (Å²) in [6.45, 7) is 0. The molecule has 6 saturated carbocycles. The van der Waals surface area contributed by atoms with E-state index >= 15 is 0 Å². The Morgan fingerprint density at radius 1 is 0.958 bits per heavy atom. The quantitative estimate of drug-likeness (QED) is 0.764. The molecule has 4 bridgehead atoms. The second kappa shape index (κ2) is 5.09. The van der Waals surface area contributed by atoms with E-state index in [1.807, 2.05) is 6.08 Å². The number of fused-ring (bicyclic) bond motifs is 1. The van der Waals surface area contributed by atoms with Gasteiger partial charge in [0, 0.05) is 12.8 Å². The SMILES string of the molecule is O=C1C[C@@H]2C[C@](O)(C(O)=CCC34CC5CC(CC(C5)C3)C4)C[C@@H]2C1. The first kappa shape index (κ1) is 15.4. The molecule has 3 nitrogen and oxygen atoms in total. The lowest BCUT2D eigenvalue weighted by molar-refractivity contribution is -0.118. The van der Waals surface area contributed by atoms with E-state index in [2.05, 4.69) is 0 Å². The molecular formula is C21H30O3. The number of carbonyl (C=O) groups excluding carboxylic acids is 1. The molecule has 0 spiro atoms. The molecule has 6 fully saturated rings. The Kier molecular flexibility index (Phi) is 3.27. The van der Waals surface area contributed by atoms with Crippen molar-refractivity contribution in [3.05, 3.63) is 11.8 Å². The van der Waals surface area contributed by atoms with Crippen molar-refractivity contribution < 1.29 is 15.0 Å². The molecule has 0 unspecified atom stereocenters. The molecule has 3 atom stereocenters. The lowest BCUT2D eigenvalue weighted by atomic mass is 9.49. The number of Topliss-reactive ketones (excluding diaryl/α,β-unsaturated/α-hetero) is 1. The first-order valence-corrected chi connectivity index (χ1v) is 10.1. The smallest absolute Gasteiger partial charge is 0.133 e. The van der Waals surface area contributed by atoms with E-state index in [-0.39, 0.29) is 17.6 Å². The second-order valence-electron chi connectivity index (χ2n) is 10.1. The van der Waals surface area contributed by atoms with Crippen LogP contribution in [0.25, 0.3) is 0 Å². The van der Waals surface area contributed by atoms with Crippen LogP contribution < -0.4 is 0 Å². The van der Waals surface area contributed by atoms with Gasteiger partial charge in [-0.1, -0.05) is 0 Å². The fraction of sp³-hybridized carbons (Fsp3) is 0.857. The number of allylic oxidation sites excluding steroid dienone is 1. The van der Waals surface area contributed by atoms with Gasteiger partial charge in [-0.25, -0.2) is 0 Å². The van der Waals surface area contributed by atoms with E-state index in [1.54, 1.807) is 0 Å². The third kappa shape index (κ3) is 2.38. The highest BCUT2D eigenvalue weighted by Crippen LogP contribution is 2.61. The molecule has 3 heteroatoms. The van der Waals surface area contributed by atoms with E-state index in [1.165, 1.54) is 38.5 Å². The van der Waals surface area contributed by atoms with Gasteiger partial charge in [0.05, 0.1) is 0 Å². The number of aliphatic hydroxyl groups is 2. The summed E-state index contributed by atoms with van der Waals surface area (Å²) in [5, 5.41) is 21.6. The number of aliphatic hydroxyl groups excluding tert-OH is 1. The van der Waals surface area contributed by atoms with Gasteiger partial charge in [0.1, 0.15) is 17.1 Å². The van der Waals surface area contributed by atoms with E-state index < -0.39 is 5.60 Å². The molecule has 0 radical (unpaired) electrons. The topological polar surface area (TPSA) is 57.5 Å². The van der Waals surface area contributed by atoms with Gasteiger partial charge in [0.2, 0.25) is 0 Å². The summed E-state index contributed by atoms with van der Waals surface area (Å²) in [5.41, 5.74) is -0.651. The third-order valence-corrected chi connectivity index (χ3v) is 8.22. The lowest BCUT2D eigenvalue weighted by Gasteiger charge is -2.56. The van der Waals surface area contributed by atoms with Crippen LogP contribution >= 0.6 is 0 Å². The molecule has 6 aliphatic carbocycles. The highest BCUT2D eigenvalue weighted by atomic mass is 16.3. The fourth-order valence-electron chi connectivity index (χ4n) is 7.68. The van der Waals surface area contributed by atoms with Crippen molar-refractivity contribution in [1.82, 2.24) is 0 Å². The molecule has 132 valence electrons. The molecule has 0 aromatic heterocycles. The standard InChI is InChI=1S/C21H30O3/c22-18-6-16-11-21(24,12-17(16)7-18)19(23)1-2-20-8-13-3-14(9-20)5-15(4-13)10-20/h1,13-17,23-24H,2-12H2/t13?,14?,15?,16-,17+,20?,21-. The van der Waals surface area contributed by atoms with Crippen LogP contribution in [-0.4, -0.2) is 21.6 Å². The largest absolute Gasteiger partial charge is 0.510 e. The molecule has 0 aliphatic heterocycles. The maximum absolute atomic E-state index is 11.6. The van der Waals surface area contributed by atoms with Crippen molar-refractivity contribution in [2.45, 2.75) is 76.2 Å². The Bertz CT molecular complexity index is 539. The lowest BCUT2D eigenvalue weighted by Crippen LogP contribution is -2.45. The summed E-state index contributed by atoms with van der Waals surface area (Å²) in [6.07, 6.45) is 13.6. The average Bonchev–Trinajstić information content (AvgIpc) is 2.97. The molecule has 0 heterocycles. The van der Waals surface area contributed by atoms with Gasteiger partial charge in [0.15, 0.2) is 0 Å². The Morgan fingerprint density at radius 3 is 1.96 bits per heavy atom. The van der Waals surface area contributed by atoms with Crippen LogP contribution in [0.2, 0.25) is 0 Å². The minimum absolute atomic E-state index is 0.208. The van der Waals surface area contributed by atoms with E-state index in [9.17, 15) is 15.0 Å². The van der Waals surface area contributed by atoms with Gasteiger partial charge < -0.3 is 10.2 Å². The zero-order valence-electron chi connectivity index (χ0n) is 14.5. The van der Waals surface area contributed by atoms with Gasteiger partial charge in [-0.2, -0.15) is 0 Å². The van der Waals surface area contributed by atoms with E-state index in [0.717, 1.165) is 24.2 Å². The molecule has 6 aliphatic rings. The van der Waals surface area contributed by atoms with Crippen LogP contribution in [0.5, 0.6) is 0 Å². The van der Waals surface area contributed by atoms with Crippen molar-refractivity contribution in [2.24, 2.45) is 35.0 Å². The van der Waals surface area contributed by atoms with Gasteiger partial charge in [-0.15, -0.1) is 0 Å². The molecule has 0 saturated heterocycles. The van der Waals surface area contributed by atoms with Crippen LogP contribution in [-0.2, 0) is 4.79 Å². The highest BCUT2D eigenvalue weighted by molar-refractivity contribution is 5.81. The zero-order valence-corrected chi connectivity index (χ0v) is 14.5. The fourth-order valence-corrected chi connectivity index (χ4v) is 7.68. The van der Waals surface area contributed by atoms with Gasteiger partial charge in [-0.05, 0) is 98.9 Å². The zero-order chi connectivity index (χ0) is 16.5. The van der Waals surface area contributed by atoms with Crippen molar-refractivity contribution in [1.29, 1.82) is 0 Å². The second-order valence-corrected chi connectivity index (χ2v) is 10.1. The minimum atomic E-state index is -1.06. The van der Waals surface area contributed by atoms with Crippen LogP contribution in [0, 0.1) is 35.0 Å². The Morgan fingerprint density at radius 2 is 1.46 bits per heavy atom. The van der Waals surface area contributed by atoms with Crippen molar-refractivity contribution >= 4 is 5.78 Å². The van der Waals surface area contributed by atoms with Crippen molar-refractivity contribution in [3.63, 3.8) is 0 Å². The Labute approximate surface area is 144 Å². The summed E-state index contributed by atoms with van der Waals surface area (Å²) in [6, 6.07) is 0. The summed E-state index contributed by atoms with van der Waals surface area (Å²) >= 11 is 0. The molecule has 2 N–H and O–H groups in total. The Balaban J connectivity index is 1.29. The van der Waals surface area contributed by atoms with Crippen LogP contribution in [0.4, 0.5) is 0 Å². The molecule has 0 aromatic rings. The van der Waals surface area contributed by atoms with Crippen molar-refractivity contribution in [3.8, 4) is 0 Å². The maximum Gasteiger partial charge on any atom is 0.133 e. The van der Waals surface area contributed by atoms with Gasteiger partial charge in [0.25, 0.3) is 0 Å². The van der Waals surface area contributed by atoms with E-state index in [4.69, 9.17) is 0 Å². The number of ketones is 1. The first-order chi connectivity index (χ1) is 11.4. The Hall–Kier alpha value is -0.830. The van der Waals surface area contributed by atoms with Gasteiger partial charge >= 0.3 is 0 Å². The summed E-state index contributed by atoms with van der Waals surface area (Å²) in [7, 11) is 0. The molecule has 24 heavy (non-hydrogen) atoms. The van der Waals surface area contributed by atoms with Gasteiger partial charge in [-0.3, -0.25) is 4.79 Å². The highest BCUT2D eigenvalue weighted by Gasteiger charge is 2.52. The number of carbonyl (C=O) groups is 1. The summed E-state index contributed by atoms with van der Waals surface area (Å²) in [5.74, 6) is 3.89. The number of hydrogen-bond donors (Lipinski definition) is 2. The molecule has 0 amide bonds. The normalized spacial score (nSPS) is 53.0. The number of hydrogen-bond acceptors (Lipinski definition) is 3. The monoisotopic (exact) mass is 330 g/mol. The molecule has 6 rings (SSSR count). The van der Waals surface area contributed by atoms with Crippen molar-refractivity contribution in [2.75, 3.05) is 0 Å². The molecular weight excluding hydrogens is 300 g/mol. The summed E-state index contributed by atoms with van der Waals surface area (Å²) in [4.78, 5) is 11.6. The molecule has 0 aromatic carbocycles. The van der Waals surface area contributed by atoms with Crippen LogP contribution in [0.1, 0.15) is 70.6 Å². The minimum Gasteiger partial charge on any atom is -0.510 e. The predicted molar refractivity (Wildman–Crippen MR) is 91.3 cm³/mol. The van der Waals surface area contributed by atoms with Crippen LogP contribution in [0.15, 0.2) is 11.8 Å². The summed E-state index contributed by atoms with van der Waals surface area (Å²) < 4.78 is 0. The predicted octanol–water partition coefficient (Wildman–Crippen LogP) is 4.16. The first-order valence-electron chi connectivity index (χ1n) is 10.1. The van der Waals surface area contributed by atoms with E-state index in [0.29, 0.717) is 36.9 Å². The maximum atomic E-state index is 11.6.